The minimum absolute atomic E-state index is 0.530. The van der Waals surface area contributed by atoms with Gasteiger partial charge >= 0.3 is 0 Å². The van der Waals surface area contributed by atoms with Crippen LogP contribution in [0, 0.1) is 19.3 Å². The van der Waals surface area contributed by atoms with Gasteiger partial charge in [0, 0.05) is 19.6 Å². The van der Waals surface area contributed by atoms with Gasteiger partial charge in [0.15, 0.2) is 0 Å². The van der Waals surface area contributed by atoms with E-state index in [1.165, 1.54) is 42.5 Å². The molecule has 0 radical (unpaired) electrons. The molecule has 0 heterocycles. The summed E-state index contributed by atoms with van der Waals surface area (Å²) in [4.78, 5) is 2.49. The minimum Gasteiger partial charge on any atom is -0.319 e. The summed E-state index contributed by atoms with van der Waals surface area (Å²) in [5, 5.41) is 3.37. The molecule has 0 bridgehead atoms. The molecule has 0 atom stereocenters. The summed E-state index contributed by atoms with van der Waals surface area (Å²) in [5.41, 5.74) is 4.77. The molecule has 1 N–H and O–H groups in total. The van der Waals surface area contributed by atoms with Crippen LogP contribution in [0.2, 0.25) is 0 Å². The van der Waals surface area contributed by atoms with Gasteiger partial charge in [-0.1, -0.05) is 30.2 Å². The van der Waals surface area contributed by atoms with Crippen molar-refractivity contribution in [3.63, 3.8) is 0 Å². The van der Waals surface area contributed by atoms with Crippen LogP contribution in [0.5, 0.6) is 0 Å². The lowest BCUT2D eigenvalue weighted by Crippen LogP contribution is -2.46. The van der Waals surface area contributed by atoms with E-state index in [-0.39, 0.29) is 0 Å². The van der Waals surface area contributed by atoms with Gasteiger partial charge in [0.1, 0.15) is 0 Å². The average Bonchev–Trinajstić information content (AvgIpc) is 2.30. The van der Waals surface area contributed by atoms with E-state index in [2.05, 4.69) is 56.4 Å². The van der Waals surface area contributed by atoms with Crippen LogP contribution in [0.25, 0.3) is 0 Å². The summed E-state index contributed by atoms with van der Waals surface area (Å²) in [6.45, 7) is 7.82. The predicted octanol–water partition coefficient (Wildman–Crippen LogP) is 3.12. The maximum absolute atomic E-state index is 3.37. The van der Waals surface area contributed by atoms with Crippen molar-refractivity contribution in [2.24, 2.45) is 5.41 Å². The molecule has 2 rings (SSSR count). The maximum Gasteiger partial charge on any atom is 0.0233 e. The predicted molar refractivity (Wildman–Crippen MR) is 82.5 cm³/mol. The van der Waals surface area contributed by atoms with Crippen molar-refractivity contribution < 1.29 is 0 Å². The van der Waals surface area contributed by atoms with Gasteiger partial charge < -0.3 is 10.2 Å². The molecular formula is C17H28N2. The Morgan fingerprint density at radius 2 is 2.00 bits per heavy atom. The van der Waals surface area contributed by atoms with E-state index in [9.17, 15) is 0 Å². The lowest BCUT2D eigenvalue weighted by Gasteiger charge is -2.44. The summed E-state index contributed by atoms with van der Waals surface area (Å²) < 4.78 is 0. The molecule has 1 fully saturated rings. The molecule has 0 saturated heterocycles. The molecule has 1 aromatic carbocycles. The summed E-state index contributed by atoms with van der Waals surface area (Å²) in [6, 6.07) is 6.80. The quantitative estimate of drug-likeness (QED) is 0.845. The molecule has 1 aromatic rings. The molecule has 1 saturated carbocycles. The third-order valence-electron chi connectivity index (χ3n) is 4.51. The monoisotopic (exact) mass is 260 g/mol. The van der Waals surface area contributed by atoms with Gasteiger partial charge in [-0.2, -0.15) is 0 Å². The number of rotatable bonds is 6. The van der Waals surface area contributed by atoms with Gasteiger partial charge in [-0.15, -0.1) is 0 Å². The highest BCUT2D eigenvalue weighted by molar-refractivity contribution is 5.30. The normalized spacial score (nSPS) is 17.5. The van der Waals surface area contributed by atoms with Crippen molar-refractivity contribution in [1.82, 2.24) is 10.2 Å². The Morgan fingerprint density at radius 1 is 1.26 bits per heavy atom. The number of benzene rings is 1. The number of nitrogens with zero attached hydrogens (tertiary/aromatic N) is 1. The molecule has 2 nitrogen and oxygen atoms in total. The van der Waals surface area contributed by atoms with Crippen molar-refractivity contribution >= 4 is 0 Å². The van der Waals surface area contributed by atoms with Crippen molar-refractivity contribution in [3.8, 4) is 0 Å². The highest BCUT2D eigenvalue weighted by Gasteiger charge is 2.37. The average molecular weight is 260 g/mol. The summed E-state index contributed by atoms with van der Waals surface area (Å²) in [5.74, 6) is 0. The van der Waals surface area contributed by atoms with Crippen LogP contribution in [0.15, 0.2) is 18.2 Å². The second-order valence-electron chi connectivity index (χ2n) is 6.49. The number of hydrogen-bond acceptors (Lipinski definition) is 2. The zero-order chi connectivity index (χ0) is 13.9. The van der Waals surface area contributed by atoms with Crippen LogP contribution >= 0.6 is 0 Å². The Labute approximate surface area is 118 Å². The second-order valence-corrected chi connectivity index (χ2v) is 6.49. The minimum atomic E-state index is 0.530. The first-order valence-corrected chi connectivity index (χ1v) is 7.44. The fourth-order valence-electron chi connectivity index (χ4n) is 3.39. The van der Waals surface area contributed by atoms with Crippen molar-refractivity contribution in [2.45, 2.75) is 39.7 Å². The molecule has 1 aliphatic rings. The summed E-state index contributed by atoms with van der Waals surface area (Å²) >= 11 is 0. The standard InChI is InChI=1S/C17H28N2/c1-14-6-7-16(15(2)10-14)11-19(4)13-17(12-18-3)8-5-9-17/h6-7,10,18H,5,8-9,11-13H2,1-4H3. The van der Waals surface area contributed by atoms with Gasteiger partial charge in [0.05, 0.1) is 0 Å². The van der Waals surface area contributed by atoms with E-state index in [1.54, 1.807) is 0 Å². The first-order valence-electron chi connectivity index (χ1n) is 7.44. The summed E-state index contributed by atoms with van der Waals surface area (Å²) in [7, 11) is 4.33. The first kappa shape index (κ1) is 14.5. The Morgan fingerprint density at radius 3 is 2.53 bits per heavy atom. The zero-order valence-electron chi connectivity index (χ0n) is 12.9. The molecule has 19 heavy (non-hydrogen) atoms. The van der Waals surface area contributed by atoms with Crippen molar-refractivity contribution in [1.29, 1.82) is 0 Å². The fourth-order valence-corrected chi connectivity index (χ4v) is 3.39. The Bertz CT molecular complexity index is 421. The van der Waals surface area contributed by atoms with Gasteiger partial charge in [-0.3, -0.25) is 0 Å². The number of nitrogens with one attached hydrogen (secondary N) is 1. The van der Waals surface area contributed by atoms with Gasteiger partial charge in [0.25, 0.3) is 0 Å². The van der Waals surface area contributed by atoms with E-state index in [4.69, 9.17) is 0 Å². The van der Waals surface area contributed by atoms with Crippen LogP contribution in [0.1, 0.15) is 36.0 Å². The molecule has 0 amide bonds. The van der Waals surface area contributed by atoms with E-state index >= 15 is 0 Å². The molecule has 0 aliphatic heterocycles. The zero-order valence-corrected chi connectivity index (χ0v) is 12.9. The molecule has 1 aliphatic carbocycles. The topological polar surface area (TPSA) is 15.3 Å². The van der Waals surface area contributed by atoms with Crippen LogP contribution in [0.4, 0.5) is 0 Å². The van der Waals surface area contributed by atoms with E-state index in [0.717, 1.165) is 13.1 Å². The Kier molecular flexibility index (Phi) is 4.64. The second kappa shape index (κ2) is 6.06. The maximum atomic E-state index is 3.37. The van der Waals surface area contributed by atoms with Crippen molar-refractivity contribution in [3.05, 3.63) is 34.9 Å². The smallest absolute Gasteiger partial charge is 0.0233 e. The molecule has 2 heteroatoms. The van der Waals surface area contributed by atoms with Gasteiger partial charge in [-0.05, 0) is 57.3 Å². The number of hydrogen-bond donors (Lipinski definition) is 1. The van der Waals surface area contributed by atoms with Gasteiger partial charge in [0.2, 0.25) is 0 Å². The fraction of sp³-hybridized carbons (Fsp3) is 0.647. The van der Waals surface area contributed by atoms with E-state index < -0.39 is 0 Å². The molecule has 0 spiro atoms. The van der Waals surface area contributed by atoms with Crippen molar-refractivity contribution in [2.75, 3.05) is 27.2 Å². The lowest BCUT2D eigenvalue weighted by atomic mass is 9.68. The Balaban J connectivity index is 1.95. The van der Waals surface area contributed by atoms with Crippen LogP contribution in [0.3, 0.4) is 0 Å². The SMILES string of the molecule is CNCC1(CN(C)Cc2ccc(C)cc2C)CCC1. The largest absolute Gasteiger partial charge is 0.319 e. The molecule has 0 aromatic heterocycles. The molecule has 0 unspecified atom stereocenters. The molecule has 106 valence electrons. The first-order chi connectivity index (χ1) is 9.04. The van der Waals surface area contributed by atoms with Crippen LogP contribution < -0.4 is 5.32 Å². The third-order valence-corrected chi connectivity index (χ3v) is 4.51. The number of aryl methyl sites for hydroxylation is 2. The van der Waals surface area contributed by atoms with Gasteiger partial charge in [-0.25, -0.2) is 0 Å². The Hall–Kier alpha value is -0.860. The highest BCUT2D eigenvalue weighted by atomic mass is 15.1. The molecular weight excluding hydrogens is 232 g/mol. The third kappa shape index (κ3) is 3.58. The summed E-state index contributed by atoms with van der Waals surface area (Å²) in [6.07, 6.45) is 4.16. The van der Waals surface area contributed by atoms with Crippen LogP contribution in [-0.4, -0.2) is 32.1 Å². The van der Waals surface area contributed by atoms with E-state index in [1.807, 2.05) is 0 Å². The van der Waals surface area contributed by atoms with E-state index in [0.29, 0.717) is 5.41 Å². The van der Waals surface area contributed by atoms with Crippen LogP contribution in [-0.2, 0) is 6.54 Å². The highest BCUT2D eigenvalue weighted by Crippen LogP contribution is 2.41. The lowest BCUT2D eigenvalue weighted by molar-refractivity contribution is 0.0767.